The van der Waals surface area contributed by atoms with Gasteiger partial charge in [-0.05, 0) is 20.3 Å². The van der Waals surface area contributed by atoms with Gasteiger partial charge in [0.15, 0.2) is 0 Å². The van der Waals surface area contributed by atoms with E-state index in [4.69, 9.17) is 10.4 Å². The Labute approximate surface area is 78.8 Å². The van der Waals surface area contributed by atoms with Crippen LogP contribution in [0, 0.1) is 17.2 Å². The summed E-state index contributed by atoms with van der Waals surface area (Å²) in [5.74, 6) is -0.739. The lowest BCUT2D eigenvalue weighted by Crippen LogP contribution is -2.35. The lowest BCUT2D eigenvalue weighted by atomic mass is 10.2. The van der Waals surface area contributed by atoms with Crippen LogP contribution in [0.5, 0.6) is 0 Å². The molecule has 0 aromatic heterocycles. The normalized spacial score (nSPS) is 11.8. The van der Waals surface area contributed by atoms with E-state index in [2.05, 4.69) is 0 Å². The summed E-state index contributed by atoms with van der Waals surface area (Å²) >= 11 is 0. The fraction of sp³-hybridized carbons (Fsp3) is 0.778. The first kappa shape index (κ1) is 11.9. The number of hydrogen-bond acceptors (Lipinski definition) is 3. The van der Waals surface area contributed by atoms with Crippen molar-refractivity contribution in [3.05, 3.63) is 0 Å². The zero-order chi connectivity index (χ0) is 10.3. The molecule has 13 heavy (non-hydrogen) atoms. The van der Waals surface area contributed by atoms with Crippen LogP contribution in [0.15, 0.2) is 0 Å². The van der Waals surface area contributed by atoms with Gasteiger partial charge < -0.3 is 10.0 Å². The number of rotatable bonds is 5. The maximum atomic E-state index is 11.4. The number of nitrogens with zero attached hydrogens (tertiary/aromatic N) is 2. The van der Waals surface area contributed by atoms with Gasteiger partial charge in [-0.1, -0.05) is 0 Å². The lowest BCUT2D eigenvalue weighted by molar-refractivity contribution is -0.133. The largest absolute Gasteiger partial charge is 0.396 e. The number of aliphatic hydroxyl groups is 1. The molecule has 0 saturated carbocycles. The van der Waals surface area contributed by atoms with Crippen molar-refractivity contribution in [2.24, 2.45) is 5.92 Å². The first-order chi connectivity index (χ1) is 6.17. The Kier molecular flexibility index (Phi) is 5.90. The van der Waals surface area contributed by atoms with Crippen molar-refractivity contribution in [1.82, 2.24) is 4.90 Å². The fourth-order valence-electron chi connectivity index (χ4n) is 1.01. The molecule has 0 bridgehead atoms. The zero-order valence-electron chi connectivity index (χ0n) is 8.16. The molecule has 1 N–H and O–H groups in total. The van der Waals surface area contributed by atoms with Crippen molar-refractivity contribution in [1.29, 1.82) is 5.26 Å². The van der Waals surface area contributed by atoms with Crippen LogP contribution >= 0.6 is 0 Å². The van der Waals surface area contributed by atoms with Crippen molar-refractivity contribution in [3.8, 4) is 6.07 Å². The van der Waals surface area contributed by atoms with E-state index >= 15 is 0 Å². The van der Waals surface area contributed by atoms with Crippen LogP contribution in [0.1, 0.15) is 20.3 Å². The Morgan fingerprint density at radius 3 is 2.69 bits per heavy atom. The van der Waals surface area contributed by atoms with Gasteiger partial charge in [0.05, 0.1) is 6.07 Å². The van der Waals surface area contributed by atoms with Crippen LogP contribution in [0.4, 0.5) is 0 Å². The summed E-state index contributed by atoms with van der Waals surface area (Å²) in [5, 5.41) is 17.1. The second kappa shape index (κ2) is 6.44. The van der Waals surface area contributed by atoms with Gasteiger partial charge >= 0.3 is 0 Å². The Hall–Kier alpha value is -1.08. The second-order valence-electron chi connectivity index (χ2n) is 2.85. The van der Waals surface area contributed by atoms with Crippen LogP contribution in [-0.4, -0.2) is 35.6 Å². The second-order valence-corrected chi connectivity index (χ2v) is 2.85. The summed E-state index contributed by atoms with van der Waals surface area (Å²) in [6.07, 6.45) is 0.567. The van der Waals surface area contributed by atoms with Gasteiger partial charge in [-0.15, -0.1) is 0 Å². The highest BCUT2D eigenvalue weighted by atomic mass is 16.3. The van der Waals surface area contributed by atoms with Gasteiger partial charge in [-0.25, -0.2) is 0 Å². The molecule has 0 heterocycles. The molecule has 0 radical (unpaired) electrons. The van der Waals surface area contributed by atoms with Crippen LogP contribution in [0.3, 0.4) is 0 Å². The molecule has 0 aromatic rings. The summed E-state index contributed by atoms with van der Waals surface area (Å²) in [4.78, 5) is 13.0. The Morgan fingerprint density at radius 1 is 1.69 bits per heavy atom. The van der Waals surface area contributed by atoms with E-state index in [-0.39, 0.29) is 12.5 Å². The molecule has 1 atom stereocenters. The average Bonchev–Trinajstić information content (AvgIpc) is 2.17. The number of hydrogen-bond donors (Lipinski definition) is 1. The minimum Gasteiger partial charge on any atom is -0.396 e. The van der Waals surface area contributed by atoms with Crippen molar-refractivity contribution in [2.75, 3.05) is 19.7 Å². The first-order valence-electron chi connectivity index (χ1n) is 4.46. The molecule has 1 amide bonds. The summed E-state index contributed by atoms with van der Waals surface area (Å²) in [5.41, 5.74) is 0. The molecule has 4 heteroatoms. The quantitative estimate of drug-likeness (QED) is 0.671. The minimum absolute atomic E-state index is 0.0741. The SMILES string of the molecule is CCN(CCCO)C(=O)C(C)C#N. The van der Waals surface area contributed by atoms with E-state index in [0.29, 0.717) is 19.5 Å². The molecule has 0 aliphatic rings. The van der Waals surface area contributed by atoms with Crippen LogP contribution < -0.4 is 0 Å². The molecule has 0 aliphatic carbocycles. The lowest BCUT2D eigenvalue weighted by Gasteiger charge is -2.21. The van der Waals surface area contributed by atoms with Gasteiger partial charge in [-0.3, -0.25) is 4.79 Å². The molecule has 0 fully saturated rings. The number of aliphatic hydroxyl groups excluding tert-OH is 1. The van der Waals surface area contributed by atoms with Crippen molar-refractivity contribution in [3.63, 3.8) is 0 Å². The Morgan fingerprint density at radius 2 is 2.31 bits per heavy atom. The monoisotopic (exact) mass is 184 g/mol. The molecule has 0 aliphatic heterocycles. The van der Waals surface area contributed by atoms with E-state index in [9.17, 15) is 4.79 Å². The molecule has 0 rings (SSSR count). The predicted octanol–water partition coefficient (Wildman–Crippen LogP) is 0.377. The van der Waals surface area contributed by atoms with Crippen LogP contribution in [0.2, 0.25) is 0 Å². The molecular formula is C9H16N2O2. The highest BCUT2D eigenvalue weighted by Gasteiger charge is 2.17. The Balaban J connectivity index is 4.08. The maximum Gasteiger partial charge on any atom is 0.239 e. The number of amides is 1. The van der Waals surface area contributed by atoms with E-state index in [1.54, 1.807) is 11.8 Å². The highest BCUT2D eigenvalue weighted by Crippen LogP contribution is 2.01. The third-order valence-corrected chi connectivity index (χ3v) is 1.84. The molecule has 0 aromatic carbocycles. The molecule has 0 spiro atoms. The fourth-order valence-corrected chi connectivity index (χ4v) is 1.01. The van der Waals surface area contributed by atoms with Gasteiger partial charge in [0, 0.05) is 19.7 Å². The summed E-state index contributed by atoms with van der Waals surface area (Å²) in [7, 11) is 0. The average molecular weight is 184 g/mol. The molecule has 0 saturated heterocycles. The first-order valence-corrected chi connectivity index (χ1v) is 4.46. The zero-order valence-corrected chi connectivity index (χ0v) is 8.16. The van der Waals surface area contributed by atoms with Crippen molar-refractivity contribution in [2.45, 2.75) is 20.3 Å². The van der Waals surface area contributed by atoms with E-state index in [0.717, 1.165) is 0 Å². The molecule has 74 valence electrons. The number of carbonyl (C=O) groups is 1. The molecular weight excluding hydrogens is 168 g/mol. The van der Waals surface area contributed by atoms with Crippen molar-refractivity contribution < 1.29 is 9.90 Å². The van der Waals surface area contributed by atoms with Crippen molar-refractivity contribution >= 4 is 5.91 Å². The predicted molar refractivity (Wildman–Crippen MR) is 48.7 cm³/mol. The van der Waals surface area contributed by atoms with E-state index < -0.39 is 5.92 Å². The van der Waals surface area contributed by atoms with E-state index in [1.165, 1.54) is 0 Å². The third kappa shape index (κ3) is 3.90. The third-order valence-electron chi connectivity index (χ3n) is 1.84. The number of carbonyl (C=O) groups excluding carboxylic acids is 1. The van der Waals surface area contributed by atoms with E-state index in [1.807, 2.05) is 13.0 Å². The minimum atomic E-state index is -0.585. The van der Waals surface area contributed by atoms with Crippen LogP contribution in [0.25, 0.3) is 0 Å². The molecule has 4 nitrogen and oxygen atoms in total. The number of nitriles is 1. The summed E-state index contributed by atoms with van der Waals surface area (Å²) in [6, 6.07) is 1.90. The van der Waals surface area contributed by atoms with Gasteiger partial charge in [0.25, 0.3) is 0 Å². The Bertz CT molecular complexity index is 198. The smallest absolute Gasteiger partial charge is 0.239 e. The highest BCUT2D eigenvalue weighted by molar-refractivity contribution is 5.80. The van der Waals surface area contributed by atoms with Gasteiger partial charge in [0.1, 0.15) is 5.92 Å². The standard InChI is InChI=1S/C9H16N2O2/c1-3-11(5-4-6-12)9(13)8(2)7-10/h8,12H,3-6H2,1-2H3. The summed E-state index contributed by atoms with van der Waals surface area (Å²) in [6.45, 7) is 4.64. The topological polar surface area (TPSA) is 64.3 Å². The van der Waals surface area contributed by atoms with Gasteiger partial charge in [0.2, 0.25) is 5.91 Å². The maximum absolute atomic E-state index is 11.4. The van der Waals surface area contributed by atoms with Crippen LogP contribution in [-0.2, 0) is 4.79 Å². The molecule has 1 unspecified atom stereocenters. The summed E-state index contributed by atoms with van der Waals surface area (Å²) < 4.78 is 0. The van der Waals surface area contributed by atoms with Gasteiger partial charge in [-0.2, -0.15) is 5.26 Å².